The molecule has 5 heteroatoms. The molecule has 0 spiro atoms. The van der Waals surface area contributed by atoms with Crippen LogP contribution in [0.5, 0.6) is 0 Å². The second kappa shape index (κ2) is 5.43. The summed E-state index contributed by atoms with van der Waals surface area (Å²) in [5.41, 5.74) is 7.32. The number of hydrogen-bond acceptors (Lipinski definition) is 5. The number of nitrogens with zero attached hydrogens (tertiary/aromatic N) is 2. The van der Waals surface area contributed by atoms with Crippen LogP contribution in [-0.4, -0.2) is 10.1 Å². The highest BCUT2D eigenvalue weighted by Crippen LogP contribution is 2.32. The number of nitrogens with two attached hydrogens (primary N) is 1. The lowest BCUT2D eigenvalue weighted by Gasteiger charge is -2.23. The van der Waals surface area contributed by atoms with Crippen molar-refractivity contribution in [3.05, 3.63) is 34.1 Å². The molecule has 2 N–H and O–H groups in total. The van der Waals surface area contributed by atoms with Gasteiger partial charge in [-0.15, -0.1) is 0 Å². The van der Waals surface area contributed by atoms with Crippen molar-refractivity contribution in [1.29, 1.82) is 0 Å². The van der Waals surface area contributed by atoms with Crippen molar-refractivity contribution in [3.63, 3.8) is 0 Å². The molecule has 2 aromatic heterocycles. The fraction of sp³-hybridized carbons (Fsp3) is 0.571. The van der Waals surface area contributed by atoms with E-state index in [0.29, 0.717) is 18.1 Å². The minimum Gasteiger partial charge on any atom is -0.339 e. The van der Waals surface area contributed by atoms with Crippen LogP contribution in [0.25, 0.3) is 0 Å². The maximum Gasteiger partial charge on any atom is 0.231 e. The fourth-order valence-electron chi connectivity index (χ4n) is 2.68. The third-order valence-electron chi connectivity index (χ3n) is 3.84. The molecule has 0 aromatic carbocycles. The van der Waals surface area contributed by atoms with Gasteiger partial charge >= 0.3 is 0 Å². The number of aromatic nitrogens is 2. The maximum absolute atomic E-state index is 6.48. The highest BCUT2D eigenvalue weighted by molar-refractivity contribution is 7.07. The molecule has 2 aromatic rings. The summed E-state index contributed by atoms with van der Waals surface area (Å²) in [4.78, 5) is 4.52. The zero-order valence-electron chi connectivity index (χ0n) is 11.0. The van der Waals surface area contributed by atoms with Gasteiger partial charge in [0.1, 0.15) is 0 Å². The van der Waals surface area contributed by atoms with E-state index in [2.05, 4.69) is 27.0 Å². The van der Waals surface area contributed by atoms with Gasteiger partial charge in [0.05, 0.1) is 12.0 Å². The van der Waals surface area contributed by atoms with Crippen molar-refractivity contribution in [2.75, 3.05) is 0 Å². The van der Waals surface area contributed by atoms with E-state index in [1.807, 2.05) is 0 Å². The largest absolute Gasteiger partial charge is 0.339 e. The Kier molecular flexibility index (Phi) is 3.66. The summed E-state index contributed by atoms with van der Waals surface area (Å²) in [6.07, 6.45) is 7.47. The molecule has 1 aliphatic carbocycles. The Hall–Kier alpha value is -1.20. The lowest BCUT2D eigenvalue weighted by molar-refractivity contribution is 0.326. The zero-order chi connectivity index (χ0) is 13.1. The number of rotatable bonds is 3. The van der Waals surface area contributed by atoms with Gasteiger partial charge in [0.25, 0.3) is 0 Å². The van der Waals surface area contributed by atoms with Crippen molar-refractivity contribution in [1.82, 2.24) is 10.1 Å². The van der Waals surface area contributed by atoms with Crippen LogP contribution in [-0.2, 0) is 12.0 Å². The van der Waals surface area contributed by atoms with E-state index < -0.39 is 0 Å². The molecule has 4 nitrogen and oxygen atoms in total. The van der Waals surface area contributed by atoms with E-state index in [4.69, 9.17) is 10.3 Å². The smallest absolute Gasteiger partial charge is 0.231 e. The van der Waals surface area contributed by atoms with Gasteiger partial charge in [-0.3, -0.25) is 0 Å². The van der Waals surface area contributed by atoms with Gasteiger partial charge in [-0.1, -0.05) is 30.8 Å². The molecule has 3 rings (SSSR count). The Morgan fingerprint density at radius 1 is 1.26 bits per heavy atom. The molecule has 0 atom stereocenters. The molecular formula is C14H19N3OS. The molecule has 0 aliphatic heterocycles. The van der Waals surface area contributed by atoms with Crippen molar-refractivity contribution in [2.24, 2.45) is 5.73 Å². The summed E-state index contributed by atoms with van der Waals surface area (Å²) in [5, 5.41) is 8.29. The normalized spacial score (nSPS) is 19.2. The average Bonchev–Trinajstić information content (AvgIpc) is 3.02. The molecule has 0 saturated heterocycles. The lowest BCUT2D eigenvalue weighted by atomic mass is 9.91. The quantitative estimate of drug-likeness (QED) is 0.875. The summed E-state index contributed by atoms with van der Waals surface area (Å²) in [6.45, 7) is 0. The molecular weight excluding hydrogens is 258 g/mol. The first-order valence-electron chi connectivity index (χ1n) is 6.89. The molecule has 0 bridgehead atoms. The van der Waals surface area contributed by atoms with Crippen molar-refractivity contribution in [3.8, 4) is 0 Å². The monoisotopic (exact) mass is 277 g/mol. The Balaban J connectivity index is 1.76. The topological polar surface area (TPSA) is 64.9 Å². The predicted molar refractivity (Wildman–Crippen MR) is 75.0 cm³/mol. The SMILES string of the molecule is NC1(c2noc(Cc3ccsc3)n2)CCCCCC1. The second-order valence-corrected chi connectivity index (χ2v) is 6.17. The predicted octanol–water partition coefficient (Wildman–Crippen LogP) is 3.23. The van der Waals surface area contributed by atoms with Gasteiger partial charge in [0.15, 0.2) is 5.82 Å². The summed E-state index contributed by atoms with van der Waals surface area (Å²) in [6, 6.07) is 2.08. The van der Waals surface area contributed by atoms with Gasteiger partial charge in [-0.05, 0) is 35.2 Å². The lowest BCUT2D eigenvalue weighted by Crippen LogP contribution is -2.37. The number of thiophene rings is 1. The van der Waals surface area contributed by atoms with Gasteiger partial charge in [0.2, 0.25) is 5.89 Å². The van der Waals surface area contributed by atoms with Crippen LogP contribution in [0.4, 0.5) is 0 Å². The van der Waals surface area contributed by atoms with Gasteiger partial charge < -0.3 is 10.3 Å². The second-order valence-electron chi connectivity index (χ2n) is 5.39. The Labute approximate surface area is 117 Å². The molecule has 0 radical (unpaired) electrons. The first-order chi connectivity index (χ1) is 9.26. The van der Waals surface area contributed by atoms with E-state index in [9.17, 15) is 0 Å². The van der Waals surface area contributed by atoms with Crippen LogP contribution in [0.2, 0.25) is 0 Å². The third kappa shape index (κ3) is 2.87. The standard InChI is InChI=1S/C14H19N3OS/c15-14(6-3-1-2-4-7-14)13-16-12(18-17-13)9-11-5-8-19-10-11/h5,8,10H,1-4,6-7,9,15H2. The van der Waals surface area contributed by atoms with Crippen LogP contribution in [0.15, 0.2) is 21.3 Å². The van der Waals surface area contributed by atoms with Crippen LogP contribution >= 0.6 is 11.3 Å². The minimum absolute atomic E-state index is 0.382. The number of hydrogen-bond donors (Lipinski definition) is 1. The van der Waals surface area contributed by atoms with E-state index >= 15 is 0 Å². The highest BCUT2D eigenvalue weighted by Gasteiger charge is 2.33. The summed E-state index contributed by atoms with van der Waals surface area (Å²) in [7, 11) is 0. The van der Waals surface area contributed by atoms with Crippen molar-refractivity contribution < 1.29 is 4.52 Å². The molecule has 102 valence electrons. The average molecular weight is 277 g/mol. The van der Waals surface area contributed by atoms with E-state index in [-0.39, 0.29) is 5.54 Å². The van der Waals surface area contributed by atoms with Crippen LogP contribution < -0.4 is 5.73 Å². The molecule has 0 unspecified atom stereocenters. The molecule has 1 fully saturated rings. The summed E-state index contributed by atoms with van der Waals surface area (Å²) >= 11 is 1.68. The van der Waals surface area contributed by atoms with E-state index in [1.165, 1.54) is 18.4 Å². The maximum atomic E-state index is 6.48. The van der Waals surface area contributed by atoms with Gasteiger partial charge in [-0.2, -0.15) is 16.3 Å². The van der Waals surface area contributed by atoms with Gasteiger partial charge in [0, 0.05) is 0 Å². The minimum atomic E-state index is -0.382. The van der Waals surface area contributed by atoms with Crippen molar-refractivity contribution >= 4 is 11.3 Å². The Bertz CT molecular complexity index is 513. The molecule has 2 heterocycles. The highest BCUT2D eigenvalue weighted by atomic mass is 32.1. The van der Waals surface area contributed by atoms with Crippen LogP contribution in [0, 0.1) is 0 Å². The fourth-order valence-corrected chi connectivity index (χ4v) is 3.35. The molecule has 1 aliphatic rings. The first-order valence-corrected chi connectivity index (χ1v) is 7.84. The molecule has 19 heavy (non-hydrogen) atoms. The van der Waals surface area contributed by atoms with Crippen molar-refractivity contribution in [2.45, 2.75) is 50.5 Å². The third-order valence-corrected chi connectivity index (χ3v) is 4.58. The molecule has 0 amide bonds. The molecule has 1 saturated carbocycles. The summed E-state index contributed by atoms with van der Waals surface area (Å²) in [5.74, 6) is 1.36. The zero-order valence-corrected chi connectivity index (χ0v) is 11.8. The van der Waals surface area contributed by atoms with Crippen LogP contribution in [0.3, 0.4) is 0 Å². The van der Waals surface area contributed by atoms with E-state index in [0.717, 1.165) is 25.7 Å². The van der Waals surface area contributed by atoms with Crippen LogP contribution in [0.1, 0.15) is 55.8 Å². The van der Waals surface area contributed by atoms with E-state index in [1.54, 1.807) is 11.3 Å². The van der Waals surface area contributed by atoms with Gasteiger partial charge in [-0.25, -0.2) is 0 Å². The summed E-state index contributed by atoms with van der Waals surface area (Å²) < 4.78 is 5.36. The first kappa shape index (κ1) is 12.8. The Morgan fingerprint density at radius 3 is 2.74 bits per heavy atom. The Morgan fingerprint density at radius 2 is 2.05 bits per heavy atom.